The fourth-order valence-corrected chi connectivity index (χ4v) is 4.51. The maximum Gasteiger partial charge on any atom is 0.232 e. The number of hydrogen-bond donors (Lipinski definition) is 3. The van der Waals surface area contributed by atoms with Gasteiger partial charge in [0.2, 0.25) is 16.0 Å². The molecule has 0 aliphatic heterocycles. The average Bonchev–Trinajstić information content (AvgIpc) is 2.76. The predicted molar refractivity (Wildman–Crippen MR) is 130 cm³/mol. The molecular weight excluding hydrogens is 496 g/mol. The van der Waals surface area contributed by atoms with Crippen molar-refractivity contribution in [1.82, 2.24) is 19.9 Å². The molecule has 2 heterocycles. The number of hydrogen-bond acceptors (Lipinski definition) is 9. The van der Waals surface area contributed by atoms with Gasteiger partial charge in [0, 0.05) is 37.7 Å². The largest absolute Gasteiger partial charge is 0.351 e. The van der Waals surface area contributed by atoms with Crippen molar-refractivity contribution in [3.05, 3.63) is 35.2 Å². The smallest absolute Gasteiger partial charge is 0.232 e. The van der Waals surface area contributed by atoms with E-state index in [4.69, 9.17) is 5.73 Å². The van der Waals surface area contributed by atoms with Crippen molar-refractivity contribution in [1.29, 1.82) is 0 Å². The zero-order chi connectivity index (χ0) is 22.9. The number of nitrogens with zero attached hydrogens (tertiary/aromatic N) is 5. The van der Waals surface area contributed by atoms with E-state index in [1.807, 2.05) is 0 Å². The molecule has 10 nitrogen and oxygen atoms in total. The first-order chi connectivity index (χ1) is 15.2. The van der Waals surface area contributed by atoms with E-state index in [1.165, 1.54) is 17.5 Å². The average molecular weight is 521 g/mol. The minimum absolute atomic E-state index is 0.261. The molecule has 12 heteroatoms. The van der Waals surface area contributed by atoms with E-state index in [1.54, 1.807) is 24.5 Å². The molecule has 0 unspecified atom stereocenters. The third-order valence-corrected chi connectivity index (χ3v) is 7.29. The van der Waals surface area contributed by atoms with Gasteiger partial charge in [0.15, 0.2) is 0 Å². The lowest BCUT2D eigenvalue weighted by Gasteiger charge is -2.27. The number of fused-ring (bicyclic) bond motifs is 1. The minimum Gasteiger partial charge on any atom is -0.351 e. The van der Waals surface area contributed by atoms with Crippen LogP contribution in [-0.2, 0) is 10.0 Å². The monoisotopic (exact) mass is 520 g/mol. The molecule has 4 N–H and O–H groups in total. The Labute approximate surface area is 195 Å². The summed E-state index contributed by atoms with van der Waals surface area (Å²) in [6, 6.07) is 4.08. The summed E-state index contributed by atoms with van der Waals surface area (Å²) < 4.78 is 26.5. The van der Waals surface area contributed by atoms with Gasteiger partial charge in [-0.25, -0.2) is 13.4 Å². The number of nitrogens with one attached hydrogen (secondary N) is 2. The SMILES string of the molecule is CN(c1c(Nc2nc(N[C@H]3CC[C@H](N)CC3)ncc2Br)ccc2nccnc12)S(C)(=O)=O. The second kappa shape index (κ2) is 9.12. The number of benzene rings is 1. The fraction of sp³-hybridized carbons (Fsp3) is 0.400. The van der Waals surface area contributed by atoms with E-state index in [0.29, 0.717) is 38.6 Å². The molecule has 0 saturated heterocycles. The minimum atomic E-state index is -3.55. The van der Waals surface area contributed by atoms with Crippen molar-refractivity contribution in [3.63, 3.8) is 0 Å². The topological polar surface area (TPSA) is 139 Å². The highest BCUT2D eigenvalue weighted by Crippen LogP contribution is 2.36. The third-order valence-electron chi connectivity index (χ3n) is 5.53. The first kappa shape index (κ1) is 22.6. The van der Waals surface area contributed by atoms with Crippen LogP contribution in [0, 0.1) is 0 Å². The van der Waals surface area contributed by atoms with Gasteiger partial charge in [-0.1, -0.05) is 0 Å². The van der Waals surface area contributed by atoms with Crippen molar-refractivity contribution in [3.8, 4) is 0 Å². The van der Waals surface area contributed by atoms with Crippen LogP contribution in [0.1, 0.15) is 25.7 Å². The van der Waals surface area contributed by atoms with Gasteiger partial charge in [-0.05, 0) is 53.7 Å². The summed E-state index contributed by atoms with van der Waals surface area (Å²) in [4.78, 5) is 17.6. The Morgan fingerprint density at radius 1 is 1.12 bits per heavy atom. The van der Waals surface area contributed by atoms with Crippen LogP contribution < -0.4 is 20.7 Å². The molecule has 1 aliphatic rings. The summed E-state index contributed by atoms with van der Waals surface area (Å²) >= 11 is 3.48. The number of anilines is 4. The first-order valence-electron chi connectivity index (χ1n) is 10.2. The van der Waals surface area contributed by atoms with Crippen LogP contribution in [0.2, 0.25) is 0 Å². The van der Waals surface area contributed by atoms with Gasteiger partial charge < -0.3 is 16.4 Å². The second-order valence-electron chi connectivity index (χ2n) is 7.89. The summed E-state index contributed by atoms with van der Waals surface area (Å²) in [7, 11) is -2.06. The number of halogens is 1. The van der Waals surface area contributed by atoms with Crippen LogP contribution in [0.25, 0.3) is 11.0 Å². The zero-order valence-corrected chi connectivity index (χ0v) is 20.2. The Hall–Kier alpha value is -2.57. The van der Waals surface area contributed by atoms with E-state index in [9.17, 15) is 8.42 Å². The Balaban J connectivity index is 1.69. The fourth-order valence-electron chi connectivity index (χ4n) is 3.71. The molecule has 0 radical (unpaired) electrons. The molecule has 0 bridgehead atoms. The van der Waals surface area contributed by atoms with Gasteiger partial charge >= 0.3 is 0 Å². The molecule has 0 spiro atoms. The number of rotatable bonds is 6. The summed E-state index contributed by atoms with van der Waals surface area (Å²) in [5, 5.41) is 6.62. The molecule has 0 atom stereocenters. The summed E-state index contributed by atoms with van der Waals surface area (Å²) in [5.74, 6) is 0.996. The molecule has 1 fully saturated rings. The molecule has 32 heavy (non-hydrogen) atoms. The molecule has 3 aromatic rings. The lowest BCUT2D eigenvalue weighted by Crippen LogP contribution is -2.33. The van der Waals surface area contributed by atoms with E-state index >= 15 is 0 Å². The summed E-state index contributed by atoms with van der Waals surface area (Å²) in [6.07, 6.45) is 9.78. The Morgan fingerprint density at radius 2 is 1.84 bits per heavy atom. The van der Waals surface area contributed by atoms with Crippen LogP contribution in [0.15, 0.2) is 35.2 Å². The predicted octanol–water partition coefficient (Wildman–Crippen LogP) is 3.00. The van der Waals surface area contributed by atoms with Gasteiger partial charge in [-0.3, -0.25) is 14.3 Å². The van der Waals surface area contributed by atoms with E-state index in [2.05, 4.69) is 46.5 Å². The Bertz CT molecular complexity index is 1230. The second-order valence-corrected chi connectivity index (χ2v) is 10.8. The highest BCUT2D eigenvalue weighted by atomic mass is 79.9. The van der Waals surface area contributed by atoms with Crippen molar-refractivity contribution >= 4 is 60.1 Å². The summed E-state index contributed by atoms with van der Waals surface area (Å²) in [6.45, 7) is 0. The van der Waals surface area contributed by atoms with Gasteiger partial charge in [-0.15, -0.1) is 0 Å². The van der Waals surface area contributed by atoms with Gasteiger partial charge in [-0.2, -0.15) is 4.98 Å². The van der Waals surface area contributed by atoms with E-state index < -0.39 is 10.0 Å². The number of aromatic nitrogens is 4. The zero-order valence-electron chi connectivity index (χ0n) is 17.8. The lowest BCUT2D eigenvalue weighted by molar-refractivity contribution is 0.410. The molecule has 1 saturated carbocycles. The molecule has 1 aromatic carbocycles. The molecule has 170 valence electrons. The standard InChI is InChI=1S/C20H25BrN8O2S/c1-29(32(2,30)31)18-16(8-7-15-17(18)24-10-9-23-15)27-19-14(21)11-25-20(28-19)26-13-5-3-12(22)4-6-13/h7-13H,3-6,22H2,1-2H3,(H2,25,26,27,28)/t12-,13-. The van der Waals surface area contributed by atoms with Gasteiger partial charge in [0.05, 0.1) is 21.9 Å². The molecule has 2 aromatic heterocycles. The summed E-state index contributed by atoms with van der Waals surface area (Å²) in [5.41, 5.74) is 7.96. The number of nitrogens with two attached hydrogens (primary N) is 1. The molecular formula is C20H25BrN8O2S. The normalized spacial score (nSPS) is 19.0. The maximum atomic E-state index is 12.3. The van der Waals surface area contributed by atoms with Crippen LogP contribution in [-0.4, -0.2) is 53.7 Å². The third kappa shape index (κ3) is 4.92. The molecule has 1 aliphatic carbocycles. The highest BCUT2D eigenvalue weighted by Gasteiger charge is 2.22. The number of sulfonamides is 1. The quantitative estimate of drug-likeness (QED) is 0.447. The van der Waals surface area contributed by atoms with Crippen LogP contribution in [0.3, 0.4) is 0 Å². The van der Waals surface area contributed by atoms with Crippen molar-refractivity contribution in [2.75, 3.05) is 28.2 Å². The molecule has 4 rings (SSSR count). The lowest BCUT2D eigenvalue weighted by atomic mass is 9.92. The first-order valence-corrected chi connectivity index (χ1v) is 12.9. The maximum absolute atomic E-state index is 12.3. The molecule has 0 amide bonds. The van der Waals surface area contributed by atoms with Crippen molar-refractivity contribution in [2.24, 2.45) is 5.73 Å². The Kier molecular flexibility index (Phi) is 6.45. The van der Waals surface area contributed by atoms with Gasteiger partial charge in [0.25, 0.3) is 0 Å². The highest BCUT2D eigenvalue weighted by molar-refractivity contribution is 9.10. The Morgan fingerprint density at radius 3 is 2.56 bits per heavy atom. The van der Waals surface area contributed by atoms with Crippen molar-refractivity contribution < 1.29 is 8.42 Å². The van der Waals surface area contributed by atoms with E-state index in [0.717, 1.165) is 31.9 Å². The van der Waals surface area contributed by atoms with Crippen molar-refractivity contribution in [2.45, 2.75) is 37.8 Å². The van der Waals surface area contributed by atoms with E-state index in [-0.39, 0.29) is 12.1 Å². The van der Waals surface area contributed by atoms with Crippen LogP contribution in [0.5, 0.6) is 0 Å². The van der Waals surface area contributed by atoms with Crippen LogP contribution >= 0.6 is 15.9 Å². The van der Waals surface area contributed by atoms with Gasteiger partial charge in [0.1, 0.15) is 17.0 Å². The van der Waals surface area contributed by atoms with Crippen LogP contribution in [0.4, 0.5) is 23.1 Å².